The van der Waals surface area contributed by atoms with Crippen molar-refractivity contribution in [2.24, 2.45) is 0 Å². The molecule has 0 saturated carbocycles. The molecule has 0 spiro atoms. The maximum absolute atomic E-state index is 11.5. The van der Waals surface area contributed by atoms with Crippen molar-refractivity contribution in [3.05, 3.63) is 0 Å². The molecule has 1 aliphatic rings. The van der Waals surface area contributed by atoms with Gasteiger partial charge in [-0.1, -0.05) is 22.4 Å². The smallest absolute Gasteiger partial charge is 0.348 e. The lowest BCUT2D eigenvalue weighted by Gasteiger charge is -2.27. The molecule has 8 heteroatoms. The third-order valence-electron chi connectivity index (χ3n) is 2.38. The van der Waals surface area contributed by atoms with Crippen LogP contribution in [0, 0.1) is 0 Å². The first-order chi connectivity index (χ1) is 8.40. The Morgan fingerprint density at radius 1 is 0.944 bits per heavy atom. The second-order valence-electron chi connectivity index (χ2n) is 3.98. The Hall–Kier alpha value is -0.440. The first-order valence-electron chi connectivity index (χ1n) is 5.41. The summed E-state index contributed by atoms with van der Waals surface area (Å²) in [4.78, 5) is 23.1. The lowest BCUT2D eigenvalue weighted by Crippen LogP contribution is -2.45. The summed E-state index contributed by atoms with van der Waals surface area (Å²) in [5, 5.41) is 0. The molecular formula is C10H16O6S2. The fourth-order valence-electron chi connectivity index (χ4n) is 1.43. The van der Waals surface area contributed by atoms with Crippen LogP contribution >= 0.6 is 0 Å². The van der Waals surface area contributed by atoms with E-state index in [2.05, 4.69) is 0 Å². The summed E-state index contributed by atoms with van der Waals surface area (Å²) < 4.78 is 31.7. The molecule has 0 amide bonds. The van der Waals surface area contributed by atoms with Crippen LogP contribution in [0.15, 0.2) is 0 Å². The predicted octanol–water partition coefficient (Wildman–Crippen LogP) is -0.639. The van der Waals surface area contributed by atoms with Crippen LogP contribution in [0.2, 0.25) is 0 Å². The summed E-state index contributed by atoms with van der Waals surface area (Å²) in [7, 11) is 0. The van der Waals surface area contributed by atoms with Gasteiger partial charge in [0.1, 0.15) is 11.5 Å². The van der Waals surface area contributed by atoms with Gasteiger partial charge in [-0.15, -0.1) is 0 Å². The van der Waals surface area contributed by atoms with Crippen LogP contribution in [0.3, 0.4) is 0 Å². The molecule has 6 nitrogen and oxygen atoms in total. The van der Waals surface area contributed by atoms with Crippen LogP contribution in [-0.4, -0.2) is 57.3 Å². The minimum Gasteiger partial charge on any atom is -0.617 e. The minimum atomic E-state index is -1.05. The molecule has 1 aliphatic heterocycles. The van der Waals surface area contributed by atoms with Gasteiger partial charge in [-0.3, -0.25) is 0 Å². The van der Waals surface area contributed by atoms with Crippen molar-refractivity contribution >= 4 is 34.3 Å². The highest BCUT2D eigenvalue weighted by Gasteiger charge is 2.38. The molecule has 104 valence electrons. The summed E-state index contributed by atoms with van der Waals surface area (Å²) in [6, 6.07) is 0. The van der Waals surface area contributed by atoms with Gasteiger partial charge in [-0.05, 0) is 0 Å². The number of carbonyl (C=O) groups excluding carboxylic acids is 2. The number of cyclic esters (lactones) is 2. The molecule has 0 N–H and O–H groups in total. The first kappa shape index (κ1) is 15.6. The van der Waals surface area contributed by atoms with Crippen LogP contribution in [0.1, 0.15) is 12.8 Å². The minimum absolute atomic E-state index is 0.195. The van der Waals surface area contributed by atoms with E-state index in [4.69, 9.17) is 9.47 Å². The summed E-state index contributed by atoms with van der Waals surface area (Å²) in [6.45, 7) is 0. The van der Waals surface area contributed by atoms with Crippen LogP contribution in [0.4, 0.5) is 0 Å². The molecule has 0 aromatic rings. The van der Waals surface area contributed by atoms with E-state index in [1.807, 2.05) is 0 Å². The van der Waals surface area contributed by atoms with Gasteiger partial charge >= 0.3 is 11.9 Å². The van der Waals surface area contributed by atoms with Gasteiger partial charge in [0.05, 0.1) is 12.5 Å². The summed E-state index contributed by atoms with van der Waals surface area (Å²) in [6.07, 6.45) is 1.47. The van der Waals surface area contributed by atoms with E-state index in [1.54, 1.807) is 0 Å². The molecule has 0 aliphatic carbocycles. The zero-order valence-electron chi connectivity index (χ0n) is 10.2. The number of ether oxygens (including phenoxy) is 2. The molecular weight excluding hydrogens is 280 g/mol. The van der Waals surface area contributed by atoms with E-state index in [-0.39, 0.29) is 24.3 Å². The topological polar surface area (TPSA) is 98.7 Å². The van der Waals surface area contributed by atoms with Crippen LogP contribution in [0.5, 0.6) is 0 Å². The van der Waals surface area contributed by atoms with Crippen molar-refractivity contribution in [2.75, 3.05) is 24.0 Å². The van der Waals surface area contributed by atoms with E-state index >= 15 is 0 Å². The Labute approximate surface area is 112 Å². The normalized spacial score (nSPS) is 27.3. The Morgan fingerprint density at radius 3 is 1.56 bits per heavy atom. The molecule has 1 fully saturated rings. The van der Waals surface area contributed by atoms with E-state index in [1.165, 1.54) is 12.5 Å². The maximum Gasteiger partial charge on any atom is 0.348 e. The molecule has 18 heavy (non-hydrogen) atoms. The second kappa shape index (κ2) is 7.22. The first-order valence-corrected chi connectivity index (χ1v) is 8.86. The van der Waals surface area contributed by atoms with E-state index < -0.39 is 46.5 Å². The van der Waals surface area contributed by atoms with Gasteiger partial charge in [-0.2, -0.15) is 0 Å². The molecule has 0 aromatic heterocycles. The Morgan fingerprint density at radius 2 is 1.28 bits per heavy atom. The van der Waals surface area contributed by atoms with Crippen molar-refractivity contribution in [1.29, 1.82) is 0 Å². The monoisotopic (exact) mass is 296 g/mol. The highest BCUT2D eigenvalue weighted by molar-refractivity contribution is 7.90. The molecule has 2 unspecified atom stereocenters. The number of esters is 2. The van der Waals surface area contributed by atoms with Gasteiger partial charge in [0.25, 0.3) is 0 Å². The lowest BCUT2D eigenvalue weighted by molar-refractivity contribution is -0.195. The third-order valence-corrected chi connectivity index (χ3v) is 4.00. The number of hydrogen-bond acceptors (Lipinski definition) is 6. The van der Waals surface area contributed by atoms with Crippen LogP contribution < -0.4 is 0 Å². The number of hydrogen-bond donors (Lipinski definition) is 0. The third kappa shape index (κ3) is 5.05. The standard InChI is InChI=1S/C10H16O6S2/c1-17(13)5-3-7-9(11)16-8(10(12)15-7)4-6-18(2)14/h7-8H,3-6H2,1-2H3/t7-,8-,17?,18?/m0/s1. The number of carbonyl (C=O) groups is 2. The SMILES string of the molecule is C[S+]([O-])CC[C@@H]1OC(=O)[C@H](CC[S+](C)[O-])OC1=O. The number of rotatable bonds is 6. The second-order valence-corrected chi connectivity index (χ2v) is 7.09. The van der Waals surface area contributed by atoms with E-state index in [0.29, 0.717) is 0 Å². The highest BCUT2D eigenvalue weighted by Crippen LogP contribution is 2.16. The van der Waals surface area contributed by atoms with Gasteiger partial charge in [0.2, 0.25) is 12.2 Å². The largest absolute Gasteiger partial charge is 0.617 e. The van der Waals surface area contributed by atoms with Crippen molar-refractivity contribution in [1.82, 2.24) is 0 Å². The predicted molar refractivity (Wildman–Crippen MR) is 66.9 cm³/mol. The van der Waals surface area contributed by atoms with Gasteiger partial charge in [0.15, 0.2) is 0 Å². The van der Waals surface area contributed by atoms with Crippen molar-refractivity contribution in [2.45, 2.75) is 25.0 Å². The van der Waals surface area contributed by atoms with Crippen LogP contribution in [0.25, 0.3) is 0 Å². The van der Waals surface area contributed by atoms with Crippen LogP contribution in [-0.2, 0) is 41.4 Å². The molecule has 0 aromatic carbocycles. The molecule has 0 bridgehead atoms. The Kier molecular flexibility index (Phi) is 6.27. The fourth-order valence-corrected chi connectivity index (χ4v) is 2.52. The van der Waals surface area contributed by atoms with Crippen molar-refractivity contribution in [3.8, 4) is 0 Å². The molecule has 1 heterocycles. The highest BCUT2D eigenvalue weighted by atomic mass is 32.2. The molecule has 1 rings (SSSR count). The summed E-state index contributed by atoms with van der Waals surface area (Å²) in [5.41, 5.74) is 0. The summed E-state index contributed by atoms with van der Waals surface area (Å²) >= 11 is -2.10. The quantitative estimate of drug-likeness (QED) is 0.477. The molecule has 4 atom stereocenters. The zero-order chi connectivity index (χ0) is 13.7. The Balaban J connectivity index is 2.44. The maximum atomic E-state index is 11.5. The van der Waals surface area contributed by atoms with Gasteiger partial charge in [-0.25, -0.2) is 9.59 Å². The average Bonchev–Trinajstić information content (AvgIpc) is 2.27. The molecule has 1 saturated heterocycles. The average molecular weight is 296 g/mol. The van der Waals surface area contributed by atoms with Gasteiger partial charge in [0, 0.05) is 12.8 Å². The molecule has 0 radical (unpaired) electrons. The van der Waals surface area contributed by atoms with Crippen molar-refractivity contribution < 1.29 is 28.2 Å². The van der Waals surface area contributed by atoms with E-state index in [9.17, 15) is 18.7 Å². The summed E-state index contributed by atoms with van der Waals surface area (Å²) in [5.74, 6) is -0.688. The van der Waals surface area contributed by atoms with Gasteiger partial charge < -0.3 is 18.6 Å². The fraction of sp³-hybridized carbons (Fsp3) is 0.800. The Bertz CT molecular complexity index is 277. The lowest BCUT2D eigenvalue weighted by atomic mass is 10.2. The zero-order valence-corrected chi connectivity index (χ0v) is 11.9. The van der Waals surface area contributed by atoms with E-state index in [0.717, 1.165) is 0 Å². The van der Waals surface area contributed by atoms with Crippen molar-refractivity contribution in [3.63, 3.8) is 0 Å².